The van der Waals surface area contributed by atoms with E-state index in [1.54, 1.807) is 0 Å². The van der Waals surface area contributed by atoms with Crippen molar-refractivity contribution in [3.63, 3.8) is 0 Å². The summed E-state index contributed by atoms with van der Waals surface area (Å²) in [6.45, 7) is 4.33. The zero-order chi connectivity index (χ0) is 15.1. The highest BCUT2D eigenvalue weighted by molar-refractivity contribution is 6.17. The minimum Gasteiger partial charge on any atom is -0.306 e. The van der Waals surface area contributed by atoms with Crippen molar-refractivity contribution in [1.29, 1.82) is 0 Å². The van der Waals surface area contributed by atoms with Crippen LogP contribution < -0.4 is 5.32 Å². The highest BCUT2D eigenvalue weighted by Gasteiger charge is 2.21. The third-order valence-corrected chi connectivity index (χ3v) is 3.56. The first-order valence-electron chi connectivity index (χ1n) is 7.18. The first-order chi connectivity index (χ1) is 10.3. The van der Waals surface area contributed by atoms with Crippen molar-refractivity contribution < 1.29 is 4.79 Å². The fourth-order valence-corrected chi connectivity index (χ4v) is 2.39. The molecule has 2 amide bonds. The van der Waals surface area contributed by atoms with Crippen LogP contribution in [0.4, 0.5) is 10.5 Å². The van der Waals surface area contributed by atoms with Crippen molar-refractivity contribution in [1.82, 2.24) is 5.01 Å². The number of hydrazone groups is 1. The Balaban J connectivity index is 2.26. The average molecular weight is 306 g/mol. The van der Waals surface area contributed by atoms with Crippen LogP contribution in [0.2, 0.25) is 0 Å². The average Bonchev–Trinajstić information content (AvgIpc) is 2.63. The number of benzene rings is 1. The van der Waals surface area contributed by atoms with Gasteiger partial charge in [-0.05, 0) is 31.7 Å². The summed E-state index contributed by atoms with van der Waals surface area (Å²) in [5.41, 5.74) is 2.70. The maximum absolute atomic E-state index is 12.2. The van der Waals surface area contributed by atoms with E-state index in [0.29, 0.717) is 12.4 Å². The number of urea groups is 1. The number of carbonyl (C=O) groups excluding carboxylic acids is 1. The lowest BCUT2D eigenvalue weighted by Gasteiger charge is -2.15. The van der Waals surface area contributed by atoms with Gasteiger partial charge >= 0.3 is 6.03 Å². The number of nitrogens with zero attached hydrogens (tertiary/aromatic N) is 2. The van der Waals surface area contributed by atoms with Crippen LogP contribution in [0.15, 0.2) is 42.0 Å². The zero-order valence-electron chi connectivity index (χ0n) is 12.0. The summed E-state index contributed by atoms with van der Waals surface area (Å²) >= 11 is 5.69. The summed E-state index contributed by atoms with van der Waals surface area (Å²) in [5, 5.41) is 8.98. The van der Waals surface area contributed by atoms with E-state index >= 15 is 0 Å². The number of para-hydroxylation sites is 1. The van der Waals surface area contributed by atoms with Gasteiger partial charge in [-0.2, -0.15) is 5.10 Å². The molecule has 0 radical (unpaired) electrons. The molecule has 1 aromatic rings. The van der Waals surface area contributed by atoms with Gasteiger partial charge in [0.25, 0.3) is 0 Å². The molecule has 2 rings (SSSR count). The molecule has 1 heterocycles. The number of nitrogens with one attached hydrogen (secondary N) is 1. The number of carbonyl (C=O) groups is 1. The highest BCUT2D eigenvalue weighted by atomic mass is 35.5. The van der Waals surface area contributed by atoms with Gasteiger partial charge in [0.15, 0.2) is 0 Å². The van der Waals surface area contributed by atoms with E-state index in [1.165, 1.54) is 5.01 Å². The Labute approximate surface area is 130 Å². The number of hydrogen-bond donors (Lipinski definition) is 1. The van der Waals surface area contributed by atoms with Gasteiger partial charge in [-0.1, -0.05) is 24.3 Å². The molecule has 1 aliphatic rings. The van der Waals surface area contributed by atoms with E-state index in [4.69, 9.17) is 11.6 Å². The quantitative estimate of drug-likeness (QED) is 0.457. The lowest BCUT2D eigenvalue weighted by Crippen LogP contribution is -2.30. The summed E-state index contributed by atoms with van der Waals surface area (Å²) in [6, 6.07) is 7.56. The van der Waals surface area contributed by atoms with Crippen molar-refractivity contribution in [3.05, 3.63) is 42.5 Å². The van der Waals surface area contributed by atoms with Crippen molar-refractivity contribution in [2.75, 3.05) is 17.7 Å². The summed E-state index contributed by atoms with van der Waals surface area (Å²) in [4.78, 5) is 12.2. The van der Waals surface area contributed by atoms with Gasteiger partial charge < -0.3 is 5.32 Å². The maximum Gasteiger partial charge on any atom is 0.342 e. The van der Waals surface area contributed by atoms with E-state index in [2.05, 4.69) is 17.0 Å². The molecule has 112 valence electrons. The molecule has 0 bridgehead atoms. The van der Waals surface area contributed by atoms with Crippen LogP contribution >= 0.6 is 11.6 Å². The van der Waals surface area contributed by atoms with E-state index in [-0.39, 0.29) is 6.03 Å². The van der Waals surface area contributed by atoms with E-state index in [1.807, 2.05) is 30.3 Å². The molecule has 21 heavy (non-hydrogen) atoms. The number of fused-ring (bicyclic) bond motifs is 1. The SMILES string of the molecule is C=CCCC1=NN(CCCCCl)C(=O)Nc2ccccc21. The molecule has 0 fully saturated rings. The Bertz CT molecular complexity index is 542. The normalized spacial score (nSPS) is 14.0. The number of unbranched alkanes of at least 4 members (excludes halogenated alkanes) is 1. The first kappa shape index (κ1) is 15.6. The number of halogens is 1. The predicted octanol–water partition coefficient (Wildman–Crippen LogP) is 4.22. The monoisotopic (exact) mass is 305 g/mol. The molecule has 0 saturated heterocycles. The molecule has 4 nitrogen and oxygen atoms in total. The molecule has 0 atom stereocenters. The van der Waals surface area contributed by atoms with Crippen LogP contribution in [0.25, 0.3) is 0 Å². The Morgan fingerprint density at radius 2 is 2.14 bits per heavy atom. The van der Waals surface area contributed by atoms with Gasteiger partial charge in [-0.25, -0.2) is 9.80 Å². The van der Waals surface area contributed by atoms with E-state index in [0.717, 1.165) is 42.6 Å². The van der Waals surface area contributed by atoms with Crippen LogP contribution in [-0.2, 0) is 0 Å². The van der Waals surface area contributed by atoms with Gasteiger partial charge in [0.2, 0.25) is 0 Å². The largest absolute Gasteiger partial charge is 0.342 e. The van der Waals surface area contributed by atoms with Gasteiger partial charge in [0.1, 0.15) is 0 Å². The minimum absolute atomic E-state index is 0.189. The predicted molar refractivity (Wildman–Crippen MR) is 88.1 cm³/mol. The molecule has 0 spiro atoms. The summed E-state index contributed by atoms with van der Waals surface area (Å²) < 4.78 is 0. The van der Waals surface area contributed by atoms with Gasteiger partial charge in [-0.3, -0.25) is 0 Å². The fourth-order valence-electron chi connectivity index (χ4n) is 2.20. The topological polar surface area (TPSA) is 44.7 Å². The van der Waals surface area contributed by atoms with E-state index < -0.39 is 0 Å². The van der Waals surface area contributed by atoms with Crippen molar-refractivity contribution in [2.24, 2.45) is 5.10 Å². The molecule has 1 aromatic carbocycles. The van der Waals surface area contributed by atoms with Crippen LogP contribution in [0.1, 0.15) is 31.2 Å². The zero-order valence-corrected chi connectivity index (χ0v) is 12.8. The Morgan fingerprint density at radius 3 is 2.90 bits per heavy atom. The third kappa shape index (κ3) is 4.08. The second-order valence-corrected chi connectivity index (χ2v) is 5.25. The first-order valence-corrected chi connectivity index (χ1v) is 7.72. The van der Waals surface area contributed by atoms with Crippen molar-refractivity contribution in [2.45, 2.75) is 25.7 Å². The molecular formula is C16H20ClN3O. The highest BCUT2D eigenvalue weighted by Crippen LogP contribution is 2.22. The molecule has 1 N–H and O–H groups in total. The third-order valence-electron chi connectivity index (χ3n) is 3.29. The standard InChI is InChI=1S/C16H20ClN3O/c1-2-3-9-15-13-8-4-5-10-14(13)18-16(21)20(19-15)12-7-6-11-17/h2,4-5,8,10H,1,3,6-7,9,11-12H2,(H,18,21). The van der Waals surface area contributed by atoms with Crippen LogP contribution in [0, 0.1) is 0 Å². The maximum atomic E-state index is 12.2. The van der Waals surface area contributed by atoms with E-state index in [9.17, 15) is 4.79 Å². The second-order valence-electron chi connectivity index (χ2n) is 4.87. The number of hydrogen-bond acceptors (Lipinski definition) is 2. The summed E-state index contributed by atoms with van der Waals surface area (Å²) in [7, 11) is 0. The van der Waals surface area contributed by atoms with Gasteiger partial charge in [-0.15, -0.1) is 18.2 Å². The summed E-state index contributed by atoms with van der Waals surface area (Å²) in [5.74, 6) is 0.600. The number of rotatable bonds is 7. The van der Waals surface area contributed by atoms with Crippen LogP contribution in [-0.4, -0.2) is 29.2 Å². The smallest absolute Gasteiger partial charge is 0.306 e. The summed E-state index contributed by atoms with van der Waals surface area (Å²) in [6.07, 6.45) is 5.17. The Morgan fingerprint density at radius 1 is 1.33 bits per heavy atom. The lowest BCUT2D eigenvalue weighted by molar-refractivity contribution is 0.213. The second kappa shape index (κ2) is 7.84. The Hall–Kier alpha value is -1.81. The van der Waals surface area contributed by atoms with Crippen molar-refractivity contribution >= 4 is 29.0 Å². The number of allylic oxidation sites excluding steroid dienone is 1. The molecular weight excluding hydrogens is 286 g/mol. The molecule has 5 heteroatoms. The Kier molecular flexibility index (Phi) is 5.81. The van der Waals surface area contributed by atoms with Crippen LogP contribution in [0.3, 0.4) is 0 Å². The van der Waals surface area contributed by atoms with Crippen molar-refractivity contribution in [3.8, 4) is 0 Å². The number of anilines is 1. The molecule has 0 aliphatic carbocycles. The number of alkyl halides is 1. The van der Waals surface area contributed by atoms with Crippen LogP contribution in [0.5, 0.6) is 0 Å². The molecule has 1 aliphatic heterocycles. The lowest BCUT2D eigenvalue weighted by atomic mass is 10.0. The minimum atomic E-state index is -0.189. The van der Waals surface area contributed by atoms with Gasteiger partial charge in [0, 0.05) is 18.0 Å². The fraction of sp³-hybridized carbons (Fsp3) is 0.375. The molecule has 0 aromatic heterocycles. The molecule has 0 unspecified atom stereocenters. The molecule has 0 saturated carbocycles. The van der Waals surface area contributed by atoms with Gasteiger partial charge in [0.05, 0.1) is 11.4 Å². The number of amides is 2.